The van der Waals surface area contributed by atoms with E-state index in [1.807, 2.05) is 0 Å². The highest BCUT2D eigenvalue weighted by atomic mass is 79.9. The van der Waals surface area contributed by atoms with E-state index in [0.717, 1.165) is 9.80 Å². The Morgan fingerprint density at radius 2 is 1.14 bits per heavy atom. The zero-order chi connectivity index (χ0) is 30.3. The number of methoxy groups -OCH3 is 2. The van der Waals surface area contributed by atoms with Gasteiger partial charge in [-0.2, -0.15) is 0 Å². The lowest BCUT2D eigenvalue weighted by atomic mass is 9.43. The molecule has 218 valence electrons. The van der Waals surface area contributed by atoms with Gasteiger partial charge in [0, 0.05) is 11.0 Å². The minimum atomic E-state index is -1.51. The fourth-order valence-electron chi connectivity index (χ4n) is 7.70. The molecule has 0 spiro atoms. The molecule has 42 heavy (non-hydrogen) atoms. The Morgan fingerprint density at radius 1 is 0.762 bits per heavy atom. The fraction of sp³-hybridized carbons (Fsp3) is 0.387. The number of halogens is 1. The van der Waals surface area contributed by atoms with Gasteiger partial charge in [-0.05, 0) is 68.0 Å². The molecule has 7 rings (SSSR count). The molecule has 11 heteroatoms. The molecular formula is C31H29BrN2O8. The van der Waals surface area contributed by atoms with Crippen LogP contribution in [0.5, 0.6) is 11.5 Å². The molecule has 0 radical (unpaired) electrons. The molecule has 3 aliphatic carbocycles. The third-order valence-corrected chi connectivity index (χ3v) is 11.0. The van der Waals surface area contributed by atoms with Crippen molar-refractivity contribution in [3.8, 4) is 11.5 Å². The molecule has 2 bridgehead atoms. The normalized spacial score (nSPS) is 31.5. The van der Waals surface area contributed by atoms with Gasteiger partial charge in [0.25, 0.3) is 0 Å². The summed E-state index contributed by atoms with van der Waals surface area (Å²) in [7, 11) is 3.02. The van der Waals surface area contributed by atoms with Crippen LogP contribution in [0.2, 0.25) is 0 Å². The van der Waals surface area contributed by atoms with Crippen LogP contribution in [0.3, 0.4) is 0 Å². The van der Waals surface area contributed by atoms with E-state index in [9.17, 15) is 24.0 Å². The van der Waals surface area contributed by atoms with Crippen LogP contribution in [0.15, 0.2) is 59.7 Å². The number of carbonyl (C=O) groups excluding carboxylic acids is 5. The lowest BCUT2D eigenvalue weighted by Crippen LogP contribution is -2.67. The Hall–Kier alpha value is -3.99. The number of alkyl halides is 1. The van der Waals surface area contributed by atoms with E-state index in [1.165, 1.54) is 14.2 Å². The number of ether oxygens (including phenoxy) is 3. The van der Waals surface area contributed by atoms with Crippen LogP contribution < -0.4 is 19.3 Å². The third kappa shape index (κ3) is 3.34. The lowest BCUT2D eigenvalue weighted by molar-refractivity contribution is -0.152. The van der Waals surface area contributed by atoms with E-state index in [0.29, 0.717) is 28.4 Å². The fourth-order valence-corrected chi connectivity index (χ4v) is 8.82. The number of amides is 4. The predicted octanol–water partition coefficient (Wildman–Crippen LogP) is 3.66. The minimum Gasteiger partial charge on any atom is -0.497 e. The molecule has 4 amide bonds. The molecule has 3 fully saturated rings. The number of allylic oxidation sites excluding steroid dienone is 1. The van der Waals surface area contributed by atoms with Crippen molar-refractivity contribution >= 4 is 56.9 Å². The molecule has 2 aliphatic heterocycles. The molecule has 2 aromatic carbocycles. The van der Waals surface area contributed by atoms with Crippen LogP contribution in [-0.4, -0.2) is 54.7 Å². The van der Waals surface area contributed by atoms with Gasteiger partial charge in [-0.3, -0.25) is 19.2 Å². The first-order valence-electron chi connectivity index (χ1n) is 13.6. The molecule has 2 heterocycles. The topological polar surface area (TPSA) is 120 Å². The van der Waals surface area contributed by atoms with Crippen LogP contribution >= 0.6 is 15.9 Å². The Labute approximate surface area is 250 Å². The summed E-state index contributed by atoms with van der Waals surface area (Å²) in [5.41, 5.74) is -0.279. The van der Waals surface area contributed by atoms with Crippen LogP contribution in [0.25, 0.3) is 0 Å². The van der Waals surface area contributed by atoms with Gasteiger partial charge in [0.05, 0.1) is 60.2 Å². The number of carbonyl (C=O) groups is 5. The summed E-state index contributed by atoms with van der Waals surface area (Å²) in [5, 5.41) is 0. The van der Waals surface area contributed by atoms with Crippen molar-refractivity contribution in [2.75, 3.05) is 30.6 Å². The highest BCUT2D eigenvalue weighted by Crippen LogP contribution is 2.72. The maximum Gasteiger partial charge on any atom is 0.334 e. The molecule has 0 N–H and O–H groups in total. The Kier molecular flexibility index (Phi) is 6.38. The van der Waals surface area contributed by atoms with Crippen molar-refractivity contribution in [1.82, 2.24) is 0 Å². The minimum absolute atomic E-state index is 0.0683. The number of hydrogen-bond donors (Lipinski definition) is 0. The second-order valence-electron chi connectivity index (χ2n) is 11.1. The predicted molar refractivity (Wildman–Crippen MR) is 154 cm³/mol. The zero-order valence-electron chi connectivity index (χ0n) is 23.7. The molecule has 0 unspecified atom stereocenters. The van der Waals surface area contributed by atoms with E-state index < -0.39 is 63.0 Å². The second-order valence-corrected chi connectivity index (χ2v) is 12.4. The average molecular weight is 637 g/mol. The number of nitrogens with zero attached hydrogens (tertiary/aromatic N) is 2. The van der Waals surface area contributed by atoms with Crippen molar-refractivity contribution < 1.29 is 38.2 Å². The maximum absolute atomic E-state index is 14.3. The largest absolute Gasteiger partial charge is 0.497 e. The highest BCUT2D eigenvalue weighted by Gasteiger charge is 2.81. The summed E-state index contributed by atoms with van der Waals surface area (Å²) in [5.74, 6) is -6.01. The van der Waals surface area contributed by atoms with Gasteiger partial charge in [-0.25, -0.2) is 14.6 Å². The van der Waals surface area contributed by atoms with Gasteiger partial charge in [-0.1, -0.05) is 22.9 Å². The number of rotatable bonds is 6. The van der Waals surface area contributed by atoms with Gasteiger partial charge in [0.2, 0.25) is 23.6 Å². The Morgan fingerprint density at radius 3 is 1.50 bits per heavy atom. The van der Waals surface area contributed by atoms with Gasteiger partial charge < -0.3 is 14.2 Å². The molecule has 5 aliphatic rings. The van der Waals surface area contributed by atoms with Crippen molar-refractivity contribution in [2.24, 2.45) is 29.1 Å². The molecule has 2 saturated heterocycles. The number of imide groups is 2. The smallest absolute Gasteiger partial charge is 0.334 e. The number of benzene rings is 2. The summed E-state index contributed by atoms with van der Waals surface area (Å²) in [6.07, 6.45) is 0. The second kappa shape index (κ2) is 9.52. The molecule has 10 nitrogen and oxygen atoms in total. The average Bonchev–Trinajstić information content (AvgIpc) is 3.42. The van der Waals surface area contributed by atoms with E-state index >= 15 is 0 Å². The van der Waals surface area contributed by atoms with Crippen LogP contribution in [0.1, 0.15) is 20.8 Å². The first-order chi connectivity index (χ1) is 20.0. The molecule has 0 aromatic heterocycles. The van der Waals surface area contributed by atoms with Gasteiger partial charge in [-0.15, -0.1) is 0 Å². The first-order valence-corrected chi connectivity index (χ1v) is 14.4. The van der Waals surface area contributed by atoms with Crippen molar-refractivity contribution in [1.29, 1.82) is 0 Å². The lowest BCUT2D eigenvalue weighted by Gasteiger charge is -2.59. The summed E-state index contributed by atoms with van der Waals surface area (Å²) < 4.78 is 14.4. The SMILES string of the molecule is CCOC(=O)C1=C(C)C2(Br)[C@H]3C(=O)N(c4ccc(OC)cc4)C(=O)[C@H]3C1(C)[C@@H]1C(=O)N(c3ccc(OC)cc3)C(=O)[C@@H]12. The molecular weight excluding hydrogens is 608 g/mol. The zero-order valence-corrected chi connectivity index (χ0v) is 25.3. The highest BCUT2D eigenvalue weighted by molar-refractivity contribution is 9.10. The first kappa shape index (κ1) is 28.1. The van der Waals surface area contributed by atoms with E-state index in [-0.39, 0.29) is 12.2 Å². The standard InChI is InChI=1S/C31H29BrN2O8/c1-6-42-29(39)20-15(2)31(32)23-21(25(35)33(27(23)37)16-7-11-18(40-4)12-8-16)30(20,3)22-24(31)28(38)34(26(22)36)17-9-13-19(41-5)14-10-17/h7-14,21-24H,6H2,1-5H3/t21-,22-,23+,24+,30?,31?/m0/s1. The Balaban J connectivity index is 1.55. The summed E-state index contributed by atoms with van der Waals surface area (Å²) in [6.45, 7) is 5.05. The van der Waals surface area contributed by atoms with Crippen molar-refractivity contribution in [3.05, 3.63) is 59.7 Å². The van der Waals surface area contributed by atoms with Crippen LogP contribution in [0, 0.1) is 29.1 Å². The van der Waals surface area contributed by atoms with Gasteiger partial charge in [0.15, 0.2) is 0 Å². The van der Waals surface area contributed by atoms with Crippen LogP contribution in [0.4, 0.5) is 11.4 Å². The number of hydrogen-bond acceptors (Lipinski definition) is 8. The van der Waals surface area contributed by atoms with Crippen molar-refractivity contribution in [2.45, 2.75) is 25.1 Å². The maximum atomic E-state index is 14.3. The monoisotopic (exact) mass is 636 g/mol. The molecule has 4 atom stereocenters. The third-order valence-electron chi connectivity index (χ3n) is 9.44. The summed E-state index contributed by atoms with van der Waals surface area (Å²) >= 11 is 3.77. The quantitative estimate of drug-likeness (QED) is 0.268. The summed E-state index contributed by atoms with van der Waals surface area (Å²) in [4.78, 5) is 73.0. The van der Waals surface area contributed by atoms with E-state index in [2.05, 4.69) is 15.9 Å². The molecule has 1 saturated carbocycles. The van der Waals surface area contributed by atoms with Gasteiger partial charge >= 0.3 is 5.97 Å². The number of esters is 1. The van der Waals surface area contributed by atoms with Gasteiger partial charge in [0.1, 0.15) is 11.5 Å². The summed E-state index contributed by atoms with van der Waals surface area (Å²) in [6, 6.07) is 13.0. The molecule has 2 aromatic rings. The van der Waals surface area contributed by atoms with Crippen LogP contribution in [-0.2, 0) is 28.7 Å². The van der Waals surface area contributed by atoms with Crippen molar-refractivity contribution in [3.63, 3.8) is 0 Å². The van der Waals surface area contributed by atoms with E-state index in [1.54, 1.807) is 69.3 Å². The Bertz CT molecular complexity index is 1490. The van der Waals surface area contributed by atoms with E-state index in [4.69, 9.17) is 14.2 Å². The number of anilines is 2.